The number of hydrogen-bond acceptors (Lipinski definition) is 5. The lowest BCUT2D eigenvalue weighted by molar-refractivity contribution is 0.578. The Morgan fingerprint density at radius 3 is 2.69 bits per heavy atom. The minimum absolute atomic E-state index is 0.0323. The van der Waals surface area contributed by atoms with E-state index in [0.717, 1.165) is 17.2 Å². The number of aromatic nitrogens is 4. The highest BCUT2D eigenvalue weighted by Gasteiger charge is 2.18. The van der Waals surface area contributed by atoms with Crippen molar-refractivity contribution >= 4 is 39.0 Å². The summed E-state index contributed by atoms with van der Waals surface area (Å²) in [5.74, 6) is 1.29. The molecule has 2 aromatic heterocycles. The van der Waals surface area contributed by atoms with E-state index in [1.54, 1.807) is 0 Å². The Balaban J connectivity index is 1.67. The lowest BCUT2D eigenvalue weighted by Gasteiger charge is -2.09. The standard InChI is InChI=1S/C16H17Cl2N5O2S/c1-10-8-11(2)23-15(21-22-16(23)20-10)4-3-7-19-26(24,25)14-9-12(17)5-6-13(14)18/h5-6,8-9,19H,3-4,7H2,1-2H3. The van der Waals surface area contributed by atoms with Crippen LogP contribution in [0.25, 0.3) is 5.78 Å². The van der Waals surface area contributed by atoms with Gasteiger partial charge in [0.15, 0.2) is 0 Å². The van der Waals surface area contributed by atoms with Crippen LogP contribution < -0.4 is 4.72 Å². The third kappa shape index (κ3) is 3.98. The van der Waals surface area contributed by atoms with Crippen LogP contribution in [0.15, 0.2) is 29.2 Å². The molecule has 3 rings (SSSR count). The van der Waals surface area contributed by atoms with E-state index < -0.39 is 10.0 Å². The summed E-state index contributed by atoms with van der Waals surface area (Å²) in [4.78, 5) is 4.30. The molecule has 7 nitrogen and oxygen atoms in total. The second-order valence-corrected chi connectivity index (χ2v) is 8.45. The maximum atomic E-state index is 12.4. The van der Waals surface area contributed by atoms with Crippen LogP contribution in [0.3, 0.4) is 0 Å². The molecule has 0 aliphatic carbocycles. The van der Waals surface area contributed by atoms with Gasteiger partial charge in [-0.1, -0.05) is 23.2 Å². The molecule has 0 spiro atoms. The SMILES string of the molecule is Cc1cc(C)n2c(CCCNS(=O)(=O)c3cc(Cl)ccc3Cl)nnc2n1. The summed E-state index contributed by atoms with van der Waals surface area (Å²) in [6, 6.07) is 6.27. The van der Waals surface area contributed by atoms with Gasteiger partial charge in [-0.2, -0.15) is 0 Å². The highest BCUT2D eigenvalue weighted by Crippen LogP contribution is 2.24. The number of fused-ring (bicyclic) bond motifs is 1. The molecule has 3 aromatic rings. The van der Waals surface area contributed by atoms with E-state index in [1.807, 2.05) is 24.3 Å². The minimum Gasteiger partial charge on any atom is -0.268 e. The molecule has 0 amide bonds. The second-order valence-electron chi connectivity index (χ2n) is 5.87. The molecule has 0 fully saturated rings. The Kier molecular flexibility index (Phi) is 5.47. The van der Waals surface area contributed by atoms with Gasteiger partial charge in [0.2, 0.25) is 10.0 Å². The Hall–Kier alpha value is -1.74. The van der Waals surface area contributed by atoms with Gasteiger partial charge in [-0.15, -0.1) is 10.2 Å². The summed E-state index contributed by atoms with van der Waals surface area (Å²) in [6.07, 6.45) is 1.10. The summed E-state index contributed by atoms with van der Waals surface area (Å²) < 4.78 is 29.2. The fourth-order valence-corrected chi connectivity index (χ4v) is 4.51. The van der Waals surface area contributed by atoms with Gasteiger partial charge in [0.1, 0.15) is 10.7 Å². The molecule has 1 aromatic carbocycles. The summed E-state index contributed by atoms with van der Waals surface area (Å²) >= 11 is 11.8. The Morgan fingerprint density at radius 2 is 1.92 bits per heavy atom. The molecule has 0 unspecified atom stereocenters. The normalized spacial score (nSPS) is 12.0. The lowest BCUT2D eigenvalue weighted by Crippen LogP contribution is -2.25. The van der Waals surface area contributed by atoms with Crippen LogP contribution >= 0.6 is 23.2 Å². The van der Waals surface area contributed by atoms with E-state index in [1.165, 1.54) is 18.2 Å². The minimum atomic E-state index is -3.73. The highest BCUT2D eigenvalue weighted by atomic mass is 35.5. The fourth-order valence-electron chi connectivity index (χ4n) is 2.67. The van der Waals surface area contributed by atoms with Gasteiger partial charge >= 0.3 is 0 Å². The van der Waals surface area contributed by atoms with Gasteiger partial charge in [-0.3, -0.25) is 4.40 Å². The van der Waals surface area contributed by atoms with Gasteiger partial charge in [-0.05, 0) is 44.5 Å². The first kappa shape index (κ1) is 19.0. The van der Waals surface area contributed by atoms with Crippen molar-refractivity contribution in [1.29, 1.82) is 0 Å². The molecule has 138 valence electrons. The molecule has 26 heavy (non-hydrogen) atoms. The summed E-state index contributed by atoms with van der Waals surface area (Å²) in [5, 5.41) is 8.65. The third-order valence-corrected chi connectivity index (χ3v) is 5.99. The quantitative estimate of drug-likeness (QED) is 0.627. The fraction of sp³-hybridized carbons (Fsp3) is 0.312. The van der Waals surface area contributed by atoms with Crippen molar-refractivity contribution in [3.8, 4) is 0 Å². The van der Waals surface area contributed by atoms with Crippen LogP contribution in [0.5, 0.6) is 0 Å². The zero-order valence-corrected chi connectivity index (χ0v) is 16.5. The molecule has 0 atom stereocenters. The molecular formula is C16H17Cl2N5O2S. The van der Waals surface area contributed by atoms with Gasteiger partial charge in [0.05, 0.1) is 5.02 Å². The van der Waals surface area contributed by atoms with Gasteiger partial charge < -0.3 is 0 Å². The lowest BCUT2D eigenvalue weighted by atomic mass is 10.3. The topological polar surface area (TPSA) is 89.2 Å². The molecule has 0 aliphatic heterocycles. The molecule has 0 saturated heterocycles. The molecular weight excluding hydrogens is 397 g/mol. The summed E-state index contributed by atoms with van der Waals surface area (Å²) in [7, 11) is -3.73. The van der Waals surface area contributed by atoms with Gasteiger partial charge in [-0.25, -0.2) is 18.1 Å². The van der Waals surface area contributed by atoms with Crippen molar-refractivity contribution in [2.75, 3.05) is 6.54 Å². The van der Waals surface area contributed by atoms with Gasteiger partial charge in [0.25, 0.3) is 5.78 Å². The van der Waals surface area contributed by atoms with Crippen LogP contribution in [0.4, 0.5) is 0 Å². The molecule has 0 aliphatic rings. The molecule has 2 heterocycles. The predicted octanol–water partition coefficient (Wildman–Crippen LogP) is 2.96. The molecule has 0 bridgehead atoms. The van der Waals surface area contributed by atoms with Crippen LogP contribution in [-0.2, 0) is 16.4 Å². The third-order valence-electron chi connectivity index (χ3n) is 3.81. The van der Waals surface area contributed by atoms with Crippen molar-refractivity contribution in [3.63, 3.8) is 0 Å². The maximum Gasteiger partial charge on any atom is 0.255 e. The number of hydrogen-bond donors (Lipinski definition) is 1. The smallest absolute Gasteiger partial charge is 0.255 e. The van der Waals surface area contributed by atoms with Crippen molar-refractivity contribution in [1.82, 2.24) is 24.3 Å². The average Bonchev–Trinajstić information content (AvgIpc) is 2.97. The van der Waals surface area contributed by atoms with E-state index in [-0.39, 0.29) is 16.5 Å². The highest BCUT2D eigenvalue weighted by molar-refractivity contribution is 7.89. The first-order valence-electron chi connectivity index (χ1n) is 7.91. The predicted molar refractivity (Wildman–Crippen MR) is 100 cm³/mol. The van der Waals surface area contributed by atoms with Gasteiger partial charge in [0, 0.05) is 29.4 Å². The molecule has 10 heteroatoms. The van der Waals surface area contributed by atoms with Crippen LogP contribution in [0.2, 0.25) is 10.0 Å². The number of benzene rings is 1. The molecule has 0 saturated carbocycles. The number of sulfonamides is 1. The first-order valence-corrected chi connectivity index (χ1v) is 10.1. The average molecular weight is 414 g/mol. The zero-order valence-electron chi connectivity index (χ0n) is 14.2. The number of nitrogens with one attached hydrogen (secondary N) is 1. The monoisotopic (exact) mass is 413 g/mol. The van der Waals surface area contributed by atoms with E-state index in [2.05, 4.69) is 19.9 Å². The first-order chi connectivity index (χ1) is 12.3. The number of halogens is 2. The Bertz CT molecular complexity index is 1070. The van der Waals surface area contributed by atoms with Crippen LogP contribution in [-0.4, -0.2) is 34.5 Å². The number of aryl methyl sites for hydroxylation is 3. The van der Waals surface area contributed by atoms with Crippen LogP contribution in [0, 0.1) is 13.8 Å². The van der Waals surface area contributed by atoms with Crippen molar-refractivity contribution in [2.24, 2.45) is 0 Å². The van der Waals surface area contributed by atoms with E-state index >= 15 is 0 Å². The largest absolute Gasteiger partial charge is 0.268 e. The van der Waals surface area contributed by atoms with E-state index in [0.29, 0.717) is 23.6 Å². The number of nitrogens with zero attached hydrogens (tertiary/aromatic N) is 4. The van der Waals surface area contributed by atoms with Crippen LogP contribution in [0.1, 0.15) is 23.6 Å². The zero-order chi connectivity index (χ0) is 18.9. The summed E-state index contributed by atoms with van der Waals surface area (Å²) in [6.45, 7) is 4.09. The Morgan fingerprint density at radius 1 is 1.15 bits per heavy atom. The van der Waals surface area contributed by atoms with Crippen molar-refractivity contribution in [2.45, 2.75) is 31.6 Å². The second kappa shape index (κ2) is 7.48. The maximum absolute atomic E-state index is 12.4. The summed E-state index contributed by atoms with van der Waals surface area (Å²) in [5.41, 5.74) is 1.86. The van der Waals surface area contributed by atoms with E-state index in [9.17, 15) is 8.42 Å². The molecule has 1 N–H and O–H groups in total. The van der Waals surface area contributed by atoms with Crippen molar-refractivity contribution < 1.29 is 8.42 Å². The molecule has 0 radical (unpaired) electrons. The number of rotatable bonds is 6. The Labute approximate surface area is 161 Å². The van der Waals surface area contributed by atoms with Crippen molar-refractivity contribution in [3.05, 3.63) is 51.5 Å². The van der Waals surface area contributed by atoms with E-state index in [4.69, 9.17) is 23.2 Å².